The van der Waals surface area contributed by atoms with Gasteiger partial charge < -0.3 is 5.32 Å². The molecule has 2 rings (SSSR count). The van der Waals surface area contributed by atoms with E-state index in [1.165, 1.54) is 25.7 Å². The lowest BCUT2D eigenvalue weighted by molar-refractivity contribution is 0.0941. The predicted octanol–water partition coefficient (Wildman–Crippen LogP) is 4.24. The van der Waals surface area contributed by atoms with Gasteiger partial charge in [0, 0.05) is 17.8 Å². The Hall–Kier alpha value is -1.09. The summed E-state index contributed by atoms with van der Waals surface area (Å²) in [6, 6.07) is 3.51. The highest BCUT2D eigenvalue weighted by Gasteiger charge is 2.19. The molecule has 116 valence electrons. The fourth-order valence-electron chi connectivity index (χ4n) is 2.94. The molecular weight excluding hydrogens is 284 g/mol. The molecule has 0 atom stereocenters. The van der Waals surface area contributed by atoms with Crippen LogP contribution in [-0.4, -0.2) is 17.4 Å². The first-order chi connectivity index (χ1) is 10.1. The zero-order valence-electron chi connectivity index (χ0n) is 13.0. The number of carbonyl (C=O) groups is 1. The largest absolute Gasteiger partial charge is 0.352 e. The summed E-state index contributed by atoms with van der Waals surface area (Å²) in [5.41, 5.74) is 1.52. The second kappa shape index (κ2) is 7.79. The van der Waals surface area contributed by atoms with Gasteiger partial charge in [-0.05, 0) is 43.2 Å². The molecular formula is C17H25ClN2O. The quantitative estimate of drug-likeness (QED) is 0.826. The molecule has 0 aromatic carbocycles. The van der Waals surface area contributed by atoms with Crippen LogP contribution >= 0.6 is 11.6 Å². The summed E-state index contributed by atoms with van der Waals surface area (Å²) in [5.74, 6) is 1.43. The molecule has 1 fully saturated rings. The first-order valence-corrected chi connectivity index (χ1v) is 8.41. The van der Waals surface area contributed by atoms with Crippen LogP contribution < -0.4 is 5.32 Å². The Morgan fingerprint density at radius 1 is 1.33 bits per heavy atom. The van der Waals surface area contributed by atoms with E-state index in [9.17, 15) is 4.79 Å². The van der Waals surface area contributed by atoms with Crippen LogP contribution in [-0.2, 0) is 6.42 Å². The van der Waals surface area contributed by atoms with Gasteiger partial charge in [0.25, 0.3) is 5.91 Å². The third-order valence-electron chi connectivity index (χ3n) is 4.30. The molecule has 0 spiro atoms. The van der Waals surface area contributed by atoms with Crippen molar-refractivity contribution in [3.05, 3.63) is 28.5 Å². The lowest BCUT2D eigenvalue weighted by Gasteiger charge is -2.26. The van der Waals surface area contributed by atoms with E-state index < -0.39 is 0 Å². The fourth-order valence-corrected chi connectivity index (χ4v) is 3.16. The van der Waals surface area contributed by atoms with Crippen LogP contribution in [0.1, 0.15) is 62.0 Å². The van der Waals surface area contributed by atoms with E-state index in [4.69, 9.17) is 11.6 Å². The van der Waals surface area contributed by atoms with Crippen molar-refractivity contribution in [3.63, 3.8) is 0 Å². The minimum atomic E-state index is -0.0322. The monoisotopic (exact) mass is 308 g/mol. The number of hydrogen-bond donors (Lipinski definition) is 1. The topological polar surface area (TPSA) is 42.0 Å². The van der Waals surface area contributed by atoms with Gasteiger partial charge in [-0.1, -0.05) is 44.7 Å². The maximum atomic E-state index is 12.3. The van der Waals surface area contributed by atoms with E-state index in [0.29, 0.717) is 16.6 Å². The Labute approximate surface area is 132 Å². The minimum absolute atomic E-state index is 0.0322. The average Bonchev–Trinajstić information content (AvgIpc) is 2.46. The van der Waals surface area contributed by atoms with Gasteiger partial charge in [0.1, 0.15) is 5.15 Å². The number of rotatable bonds is 5. The number of carbonyl (C=O) groups excluding carboxylic acids is 1. The van der Waals surface area contributed by atoms with E-state index in [0.717, 1.165) is 31.0 Å². The lowest BCUT2D eigenvalue weighted by atomic mass is 9.83. The van der Waals surface area contributed by atoms with Crippen molar-refractivity contribution >= 4 is 17.5 Å². The third kappa shape index (κ3) is 4.99. The van der Waals surface area contributed by atoms with Gasteiger partial charge in [0.2, 0.25) is 0 Å². The molecule has 0 aliphatic heterocycles. The number of aromatic nitrogens is 1. The van der Waals surface area contributed by atoms with Crippen LogP contribution in [0, 0.1) is 11.8 Å². The summed E-state index contributed by atoms with van der Waals surface area (Å²) in [7, 11) is 0. The normalized spacial score (nSPS) is 22.0. The minimum Gasteiger partial charge on any atom is -0.352 e. The summed E-state index contributed by atoms with van der Waals surface area (Å²) in [5, 5.41) is 3.46. The SMILES string of the molecule is CCCc1cc(C(=O)NCC2CCC(C)CC2)cc(Cl)n1. The van der Waals surface area contributed by atoms with Crippen molar-refractivity contribution in [1.29, 1.82) is 0 Å². The highest BCUT2D eigenvalue weighted by atomic mass is 35.5. The average molecular weight is 309 g/mol. The number of nitrogens with zero attached hydrogens (tertiary/aromatic N) is 1. The molecule has 4 heteroatoms. The number of amides is 1. The number of aryl methyl sites for hydroxylation is 1. The van der Waals surface area contributed by atoms with Crippen molar-refractivity contribution in [2.75, 3.05) is 6.54 Å². The maximum absolute atomic E-state index is 12.3. The summed E-state index contributed by atoms with van der Waals surface area (Å²) in [4.78, 5) is 16.5. The Kier molecular flexibility index (Phi) is 6.04. The van der Waals surface area contributed by atoms with E-state index in [2.05, 4.69) is 24.1 Å². The van der Waals surface area contributed by atoms with Gasteiger partial charge in [0.15, 0.2) is 0 Å². The van der Waals surface area contributed by atoms with Crippen LogP contribution in [0.4, 0.5) is 0 Å². The van der Waals surface area contributed by atoms with E-state index in [1.54, 1.807) is 6.07 Å². The van der Waals surface area contributed by atoms with Gasteiger partial charge in [-0.15, -0.1) is 0 Å². The Balaban J connectivity index is 1.90. The second-order valence-electron chi connectivity index (χ2n) is 6.26. The van der Waals surface area contributed by atoms with E-state index in [1.807, 2.05) is 6.07 Å². The van der Waals surface area contributed by atoms with Crippen LogP contribution in [0.15, 0.2) is 12.1 Å². The van der Waals surface area contributed by atoms with Gasteiger partial charge in [0.05, 0.1) is 0 Å². The molecule has 1 aromatic heterocycles. The molecule has 3 nitrogen and oxygen atoms in total. The lowest BCUT2D eigenvalue weighted by Crippen LogP contribution is -2.31. The molecule has 21 heavy (non-hydrogen) atoms. The molecule has 0 saturated heterocycles. The third-order valence-corrected chi connectivity index (χ3v) is 4.50. The zero-order chi connectivity index (χ0) is 15.2. The van der Waals surface area contributed by atoms with E-state index >= 15 is 0 Å². The molecule has 1 amide bonds. The fraction of sp³-hybridized carbons (Fsp3) is 0.647. The molecule has 1 aromatic rings. The molecule has 1 heterocycles. The Bertz CT molecular complexity index is 482. The molecule has 1 N–H and O–H groups in total. The van der Waals surface area contributed by atoms with Gasteiger partial charge in [-0.3, -0.25) is 4.79 Å². The molecule has 1 saturated carbocycles. The second-order valence-corrected chi connectivity index (χ2v) is 6.64. The highest BCUT2D eigenvalue weighted by molar-refractivity contribution is 6.29. The Morgan fingerprint density at radius 3 is 2.71 bits per heavy atom. The van der Waals surface area contributed by atoms with Gasteiger partial charge in [-0.25, -0.2) is 4.98 Å². The molecule has 0 unspecified atom stereocenters. The maximum Gasteiger partial charge on any atom is 0.251 e. The molecule has 1 aliphatic rings. The number of nitrogens with one attached hydrogen (secondary N) is 1. The van der Waals surface area contributed by atoms with Crippen LogP contribution in [0.3, 0.4) is 0 Å². The first kappa shape index (κ1) is 16.3. The van der Waals surface area contributed by atoms with Crippen molar-refractivity contribution in [3.8, 4) is 0 Å². The van der Waals surface area contributed by atoms with Crippen molar-refractivity contribution in [2.45, 2.75) is 52.4 Å². The molecule has 0 bridgehead atoms. The van der Waals surface area contributed by atoms with Crippen molar-refractivity contribution in [1.82, 2.24) is 10.3 Å². The summed E-state index contributed by atoms with van der Waals surface area (Å²) in [6.45, 7) is 5.17. The first-order valence-electron chi connectivity index (χ1n) is 8.03. The van der Waals surface area contributed by atoms with Crippen LogP contribution in [0.25, 0.3) is 0 Å². The van der Waals surface area contributed by atoms with Crippen molar-refractivity contribution < 1.29 is 4.79 Å². The van der Waals surface area contributed by atoms with Crippen LogP contribution in [0.5, 0.6) is 0 Å². The number of halogens is 1. The van der Waals surface area contributed by atoms with Crippen molar-refractivity contribution in [2.24, 2.45) is 11.8 Å². The zero-order valence-corrected chi connectivity index (χ0v) is 13.7. The van der Waals surface area contributed by atoms with Gasteiger partial charge >= 0.3 is 0 Å². The number of hydrogen-bond acceptors (Lipinski definition) is 2. The summed E-state index contributed by atoms with van der Waals surface area (Å²) in [6.07, 6.45) is 6.85. The summed E-state index contributed by atoms with van der Waals surface area (Å²) >= 11 is 6.00. The van der Waals surface area contributed by atoms with Gasteiger partial charge in [-0.2, -0.15) is 0 Å². The molecule has 0 radical (unpaired) electrons. The highest BCUT2D eigenvalue weighted by Crippen LogP contribution is 2.27. The Morgan fingerprint density at radius 2 is 2.05 bits per heavy atom. The summed E-state index contributed by atoms with van der Waals surface area (Å²) < 4.78 is 0. The predicted molar refractivity (Wildman–Crippen MR) is 86.7 cm³/mol. The standard InChI is InChI=1S/C17H25ClN2O/c1-3-4-15-9-14(10-16(18)20-15)17(21)19-11-13-7-5-12(2)6-8-13/h9-10,12-13H,3-8,11H2,1-2H3,(H,19,21). The molecule has 1 aliphatic carbocycles. The van der Waals surface area contributed by atoms with E-state index in [-0.39, 0.29) is 5.91 Å². The smallest absolute Gasteiger partial charge is 0.251 e. The van der Waals surface area contributed by atoms with Crippen LogP contribution in [0.2, 0.25) is 5.15 Å². The number of pyridine rings is 1.